The zero-order chi connectivity index (χ0) is 27.8. The SMILES string of the molecule is CC[C@@]1(O)C(=O)OCc2c1cc1n(c2=O)Cc2c-1nc1cc(F)c(C)c3c1c2C(NC(=O)COC(C)=O)CC3. The number of carbonyl (C=O) groups is 3. The predicted octanol–water partition coefficient (Wildman–Crippen LogP) is 2.19. The van der Waals surface area contributed by atoms with Gasteiger partial charge in [0.05, 0.1) is 35.1 Å². The number of esters is 2. The van der Waals surface area contributed by atoms with Crippen LogP contribution >= 0.6 is 0 Å². The summed E-state index contributed by atoms with van der Waals surface area (Å²) in [5, 5.41) is 14.8. The fraction of sp³-hybridized carbons (Fsp3) is 0.393. The van der Waals surface area contributed by atoms with Crippen LogP contribution in [0, 0.1) is 12.7 Å². The average Bonchev–Trinajstić information content (AvgIpc) is 3.27. The van der Waals surface area contributed by atoms with E-state index in [2.05, 4.69) is 5.32 Å². The minimum absolute atomic E-state index is 0.00920. The number of rotatable bonds is 4. The van der Waals surface area contributed by atoms with E-state index in [1.54, 1.807) is 19.9 Å². The van der Waals surface area contributed by atoms with Crippen molar-refractivity contribution < 1.29 is 33.4 Å². The van der Waals surface area contributed by atoms with Crippen LogP contribution in [0.1, 0.15) is 66.1 Å². The number of nitrogens with zero attached hydrogens (tertiary/aromatic N) is 2. The van der Waals surface area contributed by atoms with Crippen LogP contribution in [0.15, 0.2) is 16.9 Å². The number of benzene rings is 1. The van der Waals surface area contributed by atoms with Crippen LogP contribution in [0.4, 0.5) is 4.39 Å². The molecule has 0 saturated heterocycles. The van der Waals surface area contributed by atoms with E-state index >= 15 is 0 Å². The quantitative estimate of drug-likeness (QED) is 0.380. The molecule has 0 bridgehead atoms. The van der Waals surface area contributed by atoms with E-state index in [4.69, 9.17) is 14.5 Å². The molecule has 0 spiro atoms. The summed E-state index contributed by atoms with van der Waals surface area (Å²) < 4.78 is 26.5. The van der Waals surface area contributed by atoms with E-state index in [0.717, 1.165) is 16.5 Å². The van der Waals surface area contributed by atoms with Crippen molar-refractivity contribution in [2.24, 2.45) is 0 Å². The highest BCUT2D eigenvalue weighted by Gasteiger charge is 2.46. The third-order valence-electron chi connectivity index (χ3n) is 8.12. The van der Waals surface area contributed by atoms with E-state index < -0.39 is 47.5 Å². The summed E-state index contributed by atoms with van der Waals surface area (Å²) in [5.41, 5.74) is 1.91. The van der Waals surface area contributed by atoms with Crippen molar-refractivity contribution in [1.29, 1.82) is 0 Å². The molecule has 6 rings (SSSR count). The summed E-state index contributed by atoms with van der Waals surface area (Å²) in [4.78, 5) is 54.8. The maximum absolute atomic E-state index is 15.0. The van der Waals surface area contributed by atoms with E-state index in [-0.39, 0.29) is 30.7 Å². The lowest BCUT2D eigenvalue weighted by molar-refractivity contribution is -0.172. The van der Waals surface area contributed by atoms with Gasteiger partial charge in [-0.3, -0.25) is 14.4 Å². The van der Waals surface area contributed by atoms with Crippen molar-refractivity contribution in [3.8, 4) is 11.4 Å². The van der Waals surface area contributed by atoms with Gasteiger partial charge in [-0.25, -0.2) is 14.2 Å². The Morgan fingerprint density at radius 3 is 2.77 bits per heavy atom. The first kappa shape index (κ1) is 25.2. The standard InChI is InChI=1S/C28H26FN3O7/c1-4-28(37)17-7-21-25-15(9-32(21)26(35)16(17)10-39-27(28)36)24-19(30-22(34)11-38-13(3)33)6-5-14-12(2)18(29)8-20(31-25)23(14)24/h7-8,19,37H,4-6,9-11H2,1-3H3,(H,30,34)/t19?,28-/m0/s1. The summed E-state index contributed by atoms with van der Waals surface area (Å²) >= 11 is 0. The van der Waals surface area contributed by atoms with Crippen molar-refractivity contribution in [3.05, 3.63) is 61.7 Å². The predicted molar refractivity (Wildman–Crippen MR) is 135 cm³/mol. The number of fused-ring (bicyclic) bond motifs is 5. The van der Waals surface area contributed by atoms with Crippen LogP contribution in [0.2, 0.25) is 0 Å². The van der Waals surface area contributed by atoms with Crippen LogP contribution in [-0.4, -0.2) is 39.1 Å². The molecule has 2 aromatic heterocycles. The number of pyridine rings is 2. The van der Waals surface area contributed by atoms with Gasteiger partial charge in [-0.1, -0.05) is 6.92 Å². The van der Waals surface area contributed by atoms with Crippen molar-refractivity contribution in [2.75, 3.05) is 6.61 Å². The molecule has 1 unspecified atom stereocenters. The molecule has 1 aliphatic carbocycles. The smallest absolute Gasteiger partial charge is 0.343 e. The van der Waals surface area contributed by atoms with Crippen LogP contribution in [0.5, 0.6) is 0 Å². The second-order valence-electron chi connectivity index (χ2n) is 10.3. The van der Waals surface area contributed by atoms with Gasteiger partial charge < -0.3 is 24.5 Å². The number of aromatic nitrogens is 2. The summed E-state index contributed by atoms with van der Waals surface area (Å²) in [7, 11) is 0. The van der Waals surface area contributed by atoms with E-state index in [1.807, 2.05) is 0 Å². The normalized spacial score (nSPS) is 20.6. The third kappa shape index (κ3) is 3.59. The Morgan fingerprint density at radius 1 is 1.28 bits per heavy atom. The second kappa shape index (κ2) is 8.70. The lowest BCUT2D eigenvalue weighted by Gasteiger charge is -2.31. The Hall–Kier alpha value is -4.12. The van der Waals surface area contributed by atoms with Gasteiger partial charge in [0.25, 0.3) is 11.5 Å². The lowest BCUT2D eigenvalue weighted by Crippen LogP contribution is -2.44. The van der Waals surface area contributed by atoms with Gasteiger partial charge in [0.15, 0.2) is 12.2 Å². The average molecular weight is 536 g/mol. The summed E-state index contributed by atoms with van der Waals surface area (Å²) in [6.07, 6.45) is 0.972. The molecule has 10 nitrogen and oxygen atoms in total. The molecule has 39 heavy (non-hydrogen) atoms. The molecule has 202 valence electrons. The molecule has 1 amide bonds. The molecule has 2 aliphatic heterocycles. The fourth-order valence-corrected chi connectivity index (χ4v) is 6.10. The minimum Gasteiger partial charge on any atom is -0.458 e. The molecular weight excluding hydrogens is 509 g/mol. The van der Waals surface area contributed by atoms with Gasteiger partial charge in [0.2, 0.25) is 0 Å². The molecule has 3 aromatic rings. The molecule has 11 heteroatoms. The topological polar surface area (TPSA) is 137 Å². The Morgan fingerprint density at radius 2 is 2.05 bits per heavy atom. The van der Waals surface area contributed by atoms with E-state index in [1.165, 1.54) is 17.6 Å². The number of aliphatic hydroxyl groups is 1. The molecular formula is C28H26FN3O7. The minimum atomic E-state index is -1.97. The number of cyclic esters (lactones) is 1. The van der Waals surface area contributed by atoms with Gasteiger partial charge in [-0.15, -0.1) is 0 Å². The third-order valence-corrected chi connectivity index (χ3v) is 8.12. The highest BCUT2D eigenvalue weighted by molar-refractivity contribution is 5.94. The Balaban J connectivity index is 1.58. The largest absolute Gasteiger partial charge is 0.458 e. The summed E-state index contributed by atoms with van der Waals surface area (Å²) in [6, 6.07) is 2.45. The Labute approximate surface area is 221 Å². The molecule has 2 N–H and O–H groups in total. The van der Waals surface area contributed by atoms with Crippen molar-refractivity contribution in [2.45, 2.75) is 64.8 Å². The van der Waals surface area contributed by atoms with Crippen LogP contribution in [0.25, 0.3) is 22.3 Å². The molecule has 1 aromatic carbocycles. The van der Waals surface area contributed by atoms with Gasteiger partial charge in [0, 0.05) is 29.5 Å². The van der Waals surface area contributed by atoms with Gasteiger partial charge in [-0.2, -0.15) is 0 Å². The number of aryl methyl sites for hydroxylation is 1. The van der Waals surface area contributed by atoms with Gasteiger partial charge in [0.1, 0.15) is 12.4 Å². The van der Waals surface area contributed by atoms with Crippen LogP contribution in [0.3, 0.4) is 0 Å². The van der Waals surface area contributed by atoms with Crippen molar-refractivity contribution in [3.63, 3.8) is 0 Å². The van der Waals surface area contributed by atoms with Crippen molar-refractivity contribution in [1.82, 2.24) is 14.9 Å². The molecule has 3 aliphatic rings. The molecule has 0 saturated carbocycles. The zero-order valence-corrected chi connectivity index (χ0v) is 21.6. The maximum atomic E-state index is 15.0. The van der Waals surface area contributed by atoms with Crippen LogP contribution in [-0.2, 0) is 49.0 Å². The molecule has 0 fully saturated rings. The van der Waals surface area contributed by atoms with E-state index in [9.17, 15) is 28.7 Å². The highest BCUT2D eigenvalue weighted by Crippen LogP contribution is 2.45. The van der Waals surface area contributed by atoms with Gasteiger partial charge in [-0.05, 0) is 48.9 Å². The maximum Gasteiger partial charge on any atom is 0.343 e. The first-order chi connectivity index (χ1) is 18.5. The highest BCUT2D eigenvalue weighted by atomic mass is 19.1. The Kier molecular flexibility index (Phi) is 5.62. The number of halogens is 1. The van der Waals surface area contributed by atoms with Crippen molar-refractivity contribution >= 4 is 28.7 Å². The zero-order valence-electron chi connectivity index (χ0n) is 21.6. The number of carbonyl (C=O) groups excluding carboxylic acids is 3. The number of amides is 1. The lowest BCUT2D eigenvalue weighted by atomic mass is 9.81. The fourth-order valence-electron chi connectivity index (χ4n) is 6.10. The molecule has 4 heterocycles. The second-order valence-corrected chi connectivity index (χ2v) is 10.3. The summed E-state index contributed by atoms with van der Waals surface area (Å²) in [5.74, 6) is -2.29. The number of nitrogens with one attached hydrogen (secondary N) is 1. The Bertz CT molecular complexity index is 1700. The first-order valence-electron chi connectivity index (χ1n) is 12.8. The monoisotopic (exact) mass is 535 g/mol. The molecule has 2 atom stereocenters. The van der Waals surface area contributed by atoms with E-state index in [0.29, 0.717) is 40.9 Å². The molecule has 0 radical (unpaired) electrons. The number of ether oxygens (including phenoxy) is 2. The number of hydrogen-bond donors (Lipinski definition) is 2. The van der Waals surface area contributed by atoms with Crippen LogP contribution < -0.4 is 10.9 Å². The number of hydrogen-bond acceptors (Lipinski definition) is 8. The first-order valence-corrected chi connectivity index (χ1v) is 12.8. The van der Waals surface area contributed by atoms with Gasteiger partial charge >= 0.3 is 11.9 Å². The summed E-state index contributed by atoms with van der Waals surface area (Å²) in [6.45, 7) is 4.00.